The van der Waals surface area contributed by atoms with Crippen molar-refractivity contribution in [3.63, 3.8) is 0 Å². The molecule has 0 fully saturated rings. The molecule has 21 heavy (non-hydrogen) atoms. The number of benzene rings is 2. The average Bonchev–Trinajstić information content (AvgIpc) is 2.80. The zero-order chi connectivity index (χ0) is 15.0. The van der Waals surface area contributed by atoms with E-state index < -0.39 is 0 Å². The third-order valence-electron chi connectivity index (χ3n) is 2.88. The van der Waals surface area contributed by atoms with Crippen LogP contribution in [0, 0.1) is 11.3 Å². The molecular formula is C15H8Cl2N2O2. The van der Waals surface area contributed by atoms with Crippen LogP contribution < -0.4 is 10.5 Å². The van der Waals surface area contributed by atoms with Gasteiger partial charge in [0.2, 0.25) is 5.76 Å². The Kier molecular flexibility index (Phi) is 3.38. The van der Waals surface area contributed by atoms with Gasteiger partial charge in [-0.1, -0.05) is 35.3 Å². The summed E-state index contributed by atoms with van der Waals surface area (Å²) in [4.78, 5) is 0. The summed E-state index contributed by atoms with van der Waals surface area (Å²) in [6.07, 6.45) is 0. The van der Waals surface area contributed by atoms with Gasteiger partial charge in [0.15, 0.2) is 11.5 Å². The first kappa shape index (κ1) is 13.6. The Morgan fingerprint density at radius 1 is 1.10 bits per heavy atom. The molecule has 1 aromatic heterocycles. The van der Waals surface area contributed by atoms with Gasteiger partial charge in [0.25, 0.3) is 0 Å². The van der Waals surface area contributed by atoms with Crippen LogP contribution in [0.15, 0.2) is 40.8 Å². The molecule has 0 radical (unpaired) electrons. The highest BCUT2D eigenvalue weighted by atomic mass is 35.5. The number of anilines is 1. The van der Waals surface area contributed by atoms with E-state index in [9.17, 15) is 5.26 Å². The second kappa shape index (κ2) is 5.21. The van der Waals surface area contributed by atoms with Crippen LogP contribution >= 0.6 is 23.2 Å². The lowest BCUT2D eigenvalue weighted by atomic mass is 10.2. The van der Waals surface area contributed by atoms with Crippen LogP contribution in [0.3, 0.4) is 0 Å². The number of hydrogen-bond acceptors (Lipinski definition) is 4. The fourth-order valence-electron chi connectivity index (χ4n) is 1.98. The summed E-state index contributed by atoms with van der Waals surface area (Å²) in [5.41, 5.74) is 6.63. The molecule has 0 unspecified atom stereocenters. The van der Waals surface area contributed by atoms with Crippen LogP contribution in [0.25, 0.3) is 11.0 Å². The summed E-state index contributed by atoms with van der Waals surface area (Å²) in [6, 6.07) is 12.2. The maximum absolute atomic E-state index is 9.17. The van der Waals surface area contributed by atoms with Crippen molar-refractivity contribution in [3.8, 4) is 17.6 Å². The standard InChI is InChI=1S/C15H8Cl2N2O2/c16-10-5-8(19)6-11(17)15(10)21-14-9-3-1-2-4-12(9)20-13(14)7-18/h1-6H,19H2. The van der Waals surface area contributed by atoms with Crippen molar-refractivity contribution < 1.29 is 9.15 Å². The molecule has 2 aromatic carbocycles. The molecule has 6 heteroatoms. The number of furan rings is 1. The fourth-order valence-corrected chi connectivity index (χ4v) is 2.56. The monoisotopic (exact) mass is 318 g/mol. The average molecular weight is 319 g/mol. The number of nitrogens with zero attached hydrogens (tertiary/aromatic N) is 1. The molecule has 3 rings (SSSR count). The molecule has 0 saturated carbocycles. The number of ether oxygens (including phenoxy) is 1. The Bertz CT molecular complexity index is 858. The van der Waals surface area contributed by atoms with Gasteiger partial charge in [-0.25, -0.2) is 0 Å². The van der Waals surface area contributed by atoms with Crippen molar-refractivity contribution in [2.75, 3.05) is 5.73 Å². The van der Waals surface area contributed by atoms with E-state index in [2.05, 4.69) is 0 Å². The predicted octanol–water partition coefficient (Wildman–Crippen LogP) is 4.99. The lowest BCUT2D eigenvalue weighted by Crippen LogP contribution is -1.91. The van der Waals surface area contributed by atoms with Gasteiger partial charge in [0.05, 0.1) is 15.4 Å². The van der Waals surface area contributed by atoms with Crippen molar-refractivity contribution in [1.29, 1.82) is 5.26 Å². The Morgan fingerprint density at radius 3 is 2.43 bits per heavy atom. The molecule has 0 spiro atoms. The molecule has 0 amide bonds. The molecule has 0 saturated heterocycles. The topological polar surface area (TPSA) is 72.2 Å². The van der Waals surface area contributed by atoms with Crippen molar-refractivity contribution in [3.05, 3.63) is 52.2 Å². The number of halogens is 2. The van der Waals surface area contributed by atoms with Crippen LogP contribution in [-0.2, 0) is 0 Å². The van der Waals surface area contributed by atoms with Crippen molar-refractivity contribution in [2.45, 2.75) is 0 Å². The predicted molar refractivity (Wildman–Crippen MR) is 81.9 cm³/mol. The zero-order valence-electron chi connectivity index (χ0n) is 10.6. The summed E-state index contributed by atoms with van der Waals surface area (Å²) in [5.74, 6) is 0.567. The summed E-state index contributed by atoms with van der Waals surface area (Å²) < 4.78 is 11.2. The number of para-hydroxylation sites is 1. The van der Waals surface area contributed by atoms with E-state index in [-0.39, 0.29) is 27.3 Å². The number of nitriles is 1. The summed E-state index contributed by atoms with van der Waals surface area (Å²) in [5, 5.41) is 10.4. The van der Waals surface area contributed by atoms with E-state index >= 15 is 0 Å². The van der Waals surface area contributed by atoms with E-state index in [4.69, 9.17) is 38.1 Å². The molecule has 0 atom stereocenters. The molecule has 0 aliphatic rings. The molecule has 0 aliphatic carbocycles. The van der Waals surface area contributed by atoms with E-state index in [0.29, 0.717) is 16.7 Å². The highest BCUT2D eigenvalue weighted by molar-refractivity contribution is 6.37. The minimum absolute atomic E-state index is 0.0557. The first-order chi connectivity index (χ1) is 10.1. The Hall–Kier alpha value is -2.35. The highest BCUT2D eigenvalue weighted by Gasteiger charge is 2.19. The second-order valence-electron chi connectivity index (χ2n) is 4.28. The largest absolute Gasteiger partial charge is 0.449 e. The molecule has 0 aliphatic heterocycles. The third-order valence-corrected chi connectivity index (χ3v) is 3.44. The van der Waals surface area contributed by atoms with Crippen molar-refractivity contribution in [2.24, 2.45) is 0 Å². The van der Waals surface area contributed by atoms with Gasteiger partial charge in [-0.15, -0.1) is 0 Å². The van der Waals surface area contributed by atoms with Crippen molar-refractivity contribution >= 4 is 39.9 Å². The minimum Gasteiger partial charge on any atom is -0.449 e. The smallest absolute Gasteiger partial charge is 0.247 e. The Morgan fingerprint density at radius 2 is 1.76 bits per heavy atom. The minimum atomic E-state index is 0.0557. The maximum atomic E-state index is 9.17. The Labute approximate surface area is 130 Å². The van der Waals surface area contributed by atoms with Gasteiger partial charge in [-0.3, -0.25) is 0 Å². The molecule has 2 N–H and O–H groups in total. The van der Waals surface area contributed by atoms with Gasteiger partial charge < -0.3 is 14.9 Å². The molecule has 4 nitrogen and oxygen atoms in total. The molecule has 1 heterocycles. The molecular weight excluding hydrogens is 311 g/mol. The van der Waals surface area contributed by atoms with Gasteiger partial charge >= 0.3 is 0 Å². The SMILES string of the molecule is N#Cc1oc2ccccc2c1Oc1c(Cl)cc(N)cc1Cl. The lowest BCUT2D eigenvalue weighted by Gasteiger charge is -2.09. The van der Waals surface area contributed by atoms with Gasteiger partial charge in [-0.05, 0) is 24.3 Å². The first-order valence-electron chi connectivity index (χ1n) is 5.94. The van der Waals surface area contributed by atoms with E-state index in [1.807, 2.05) is 12.1 Å². The number of rotatable bonds is 2. The van der Waals surface area contributed by atoms with E-state index in [0.717, 1.165) is 0 Å². The van der Waals surface area contributed by atoms with Crippen LogP contribution in [0.1, 0.15) is 5.76 Å². The van der Waals surface area contributed by atoms with Gasteiger partial charge in [0, 0.05) is 5.69 Å². The first-order valence-corrected chi connectivity index (χ1v) is 6.69. The van der Waals surface area contributed by atoms with E-state index in [1.165, 1.54) is 12.1 Å². The van der Waals surface area contributed by atoms with Gasteiger partial charge in [-0.2, -0.15) is 5.26 Å². The summed E-state index contributed by atoms with van der Waals surface area (Å²) >= 11 is 12.2. The van der Waals surface area contributed by atoms with Crippen LogP contribution in [0.4, 0.5) is 5.69 Å². The summed E-state index contributed by atoms with van der Waals surface area (Å²) in [6.45, 7) is 0. The summed E-state index contributed by atoms with van der Waals surface area (Å²) in [7, 11) is 0. The number of fused-ring (bicyclic) bond motifs is 1. The quantitative estimate of drug-likeness (QED) is 0.676. The molecule has 104 valence electrons. The van der Waals surface area contributed by atoms with E-state index in [1.54, 1.807) is 18.2 Å². The fraction of sp³-hybridized carbons (Fsp3) is 0. The lowest BCUT2D eigenvalue weighted by molar-refractivity contribution is 0.467. The van der Waals surface area contributed by atoms with Gasteiger partial charge in [0.1, 0.15) is 11.7 Å². The Balaban J connectivity index is 2.17. The maximum Gasteiger partial charge on any atom is 0.247 e. The number of hydrogen-bond donors (Lipinski definition) is 1. The normalized spacial score (nSPS) is 10.5. The molecule has 3 aromatic rings. The van der Waals surface area contributed by atoms with Crippen LogP contribution in [-0.4, -0.2) is 0 Å². The third kappa shape index (κ3) is 2.38. The van der Waals surface area contributed by atoms with Crippen molar-refractivity contribution in [1.82, 2.24) is 0 Å². The van der Waals surface area contributed by atoms with Crippen LogP contribution in [0.5, 0.6) is 11.5 Å². The zero-order valence-corrected chi connectivity index (χ0v) is 12.1. The molecule has 0 bridgehead atoms. The highest BCUT2D eigenvalue weighted by Crippen LogP contribution is 2.42. The second-order valence-corrected chi connectivity index (χ2v) is 5.10. The number of nitrogens with two attached hydrogens (primary N) is 1. The van der Waals surface area contributed by atoms with Crippen LogP contribution in [0.2, 0.25) is 10.0 Å². The number of nitrogen functional groups attached to an aromatic ring is 1.